The highest BCUT2D eigenvalue weighted by atomic mass is 32.5. The van der Waals surface area contributed by atoms with Crippen LogP contribution in [-0.4, -0.2) is 0 Å². The van der Waals surface area contributed by atoms with E-state index in [0.29, 0.717) is 23.1 Å². The quantitative estimate of drug-likeness (QED) is 0.297. The third kappa shape index (κ3) is 4.59. The Morgan fingerprint density at radius 2 is 1.04 bits per heavy atom. The minimum atomic E-state index is -9.80. The second kappa shape index (κ2) is 5.93. The van der Waals surface area contributed by atoms with Gasteiger partial charge in [0, 0.05) is 18.2 Å². The molecule has 27 heavy (non-hydrogen) atoms. The van der Waals surface area contributed by atoms with E-state index in [0.717, 1.165) is 24.3 Å². The summed E-state index contributed by atoms with van der Waals surface area (Å²) in [6.07, 6.45) is 0. The molecule has 3 aromatic carbocycles. The monoisotopic (exact) mass is 425 g/mol. The van der Waals surface area contributed by atoms with E-state index < -0.39 is 37.6 Å². The minimum absolute atomic E-state index is 0.179. The van der Waals surface area contributed by atoms with Gasteiger partial charge in [0.25, 0.3) is 0 Å². The second-order valence-corrected chi connectivity index (χ2v) is 10.1. The first-order valence-electron chi connectivity index (χ1n) is 7.43. The zero-order chi connectivity index (χ0) is 19.9. The molecule has 144 valence electrons. The largest absolute Gasteiger partial charge is 0.310 e. The van der Waals surface area contributed by atoms with Crippen molar-refractivity contribution in [3.8, 4) is 0 Å². The lowest BCUT2D eigenvalue weighted by molar-refractivity contribution is 0.364. The third-order valence-corrected chi connectivity index (χ3v) is 6.91. The van der Waals surface area contributed by atoms with E-state index in [1.165, 1.54) is 0 Å². The summed E-state index contributed by atoms with van der Waals surface area (Å²) in [6, 6.07) is 13.5. The number of benzene rings is 3. The average Bonchev–Trinajstić information content (AvgIpc) is 2.53. The first-order chi connectivity index (χ1) is 12.3. The summed E-state index contributed by atoms with van der Waals surface area (Å²) >= 11 is 0. The molecule has 0 nitrogen and oxygen atoms in total. The molecule has 1 unspecified atom stereocenters. The van der Waals surface area contributed by atoms with E-state index >= 15 is 0 Å². The molecule has 0 aliphatic heterocycles. The summed E-state index contributed by atoms with van der Waals surface area (Å²) in [5.41, 5.74) is 0. The lowest BCUT2D eigenvalue weighted by atomic mass is 10.3. The van der Waals surface area contributed by atoms with Gasteiger partial charge in [-0.1, -0.05) is 37.6 Å². The smallest absolute Gasteiger partial charge is 0.207 e. The van der Waals surface area contributed by atoms with Crippen LogP contribution in [-0.2, 0) is 10.9 Å². The zero-order valence-electron chi connectivity index (χ0n) is 13.4. The molecular formula is C18H12F7S2+. The van der Waals surface area contributed by atoms with Gasteiger partial charge in [0.15, 0.2) is 14.7 Å². The van der Waals surface area contributed by atoms with Crippen LogP contribution in [0.15, 0.2) is 92.4 Å². The first kappa shape index (κ1) is 19.6. The van der Waals surface area contributed by atoms with Crippen LogP contribution in [0.4, 0.5) is 28.2 Å². The Bertz CT molecular complexity index is 949. The SMILES string of the molecule is Fc1cc(F)cc([S+](c2ccccc2)c2ccc(S(F)(F)(F)(F)F)cc2)c1. The Kier molecular flexibility index (Phi) is 4.31. The van der Waals surface area contributed by atoms with Gasteiger partial charge in [-0.05, 0) is 36.4 Å². The highest BCUT2D eigenvalue weighted by molar-refractivity contribution is 8.45. The van der Waals surface area contributed by atoms with Gasteiger partial charge in [0.05, 0.1) is 10.9 Å². The Balaban J connectivity index is 2.15. The van der Waals surface area contributed by atoms with Crippen LogP contribution in [0, 0.1) is 11.6 Å². The average molecular weight is 425 g/mol. The first-order valence-corrected chi connectivity index (χ1v) is 10.6. The van der Waals surface area contributed by atoms with Crippen LogP contribution < -0.4 is 0 Å². The highest BCUT2D eigenvalue weighted by Crippen LogP contribution is 3.02. The summed E-state index contributed by atoms with van der Waals surface area (Å²) in [4.78, 5) is -1.04. The molecule has 0 N–H and O–H groups in total. The molecule has 0 fully saturated rings. The van der Waals surface area contributed by atoms with E-state index in [1.54, 1.807) is 30.3 Å². The molecule has 0 aliphatic rings. The number of halogens is 7. The Morgan fingerprint density at radius 1 is 0.556 bits per heavy atom. The predicted octanol–water partition coefficient (Wildman–Crippen LogP) is 7.72. The van der Waals surface area contributed by atoms with Gasteiger partial charge < -0.3 is 0 Å². The second-order valence-electron chi connectivity index (χ2n) is 5.66. The molecule has 3 rings (SSSR count). The van der Waals surface area contributed by atoms with Crippen molar-refractivity contribution in [2.24, 2.45) is 0 Å². The van der Waals surface area contributed by atoms with Gasteiger partial charge in [-0.2, -0.15) is 0 Å². The van der Waals surface area contributed by atoms with Gasteiger partial charge >= 0.3 is 10.2 Å². The summed E-state index contributed by atoms with van der Waals surface area (Å²) in [7, 11) is -11.0. The van der Waals surface area contributed by atoms with Crippen LogP contribution in [0.1, 0.15) is 0 Å². The van der Waals surface area contributed by atoms with Gasteiger partial charge in [-0.25, -0.2) is 8.78 Å². The standard InChI is InChI=1S/C18H12F7S2/c19-13-10-14(20)12-17(11-13)26(15-4-2-1-3-5-15)16-6-8-18(9-7-16)27(21,22,23,24)25/h1-12H/q+1. The van der Waals surface area contributed by atoms with E-state index in [-0.39, 0.29) is 9.79 Å². The molecule has 0 amide bonds. The predicted molar refractivity (Wildman–Crippen MR) is 92.8 cm³/mol. The van der Waals surface area contributed by atoms with Crippen molar-refractivity contribution < 1.29 is 28.2 Å². The summed E-state index contributed by atoms with van der Waals surface area (Å²) in [5, 5.41) is 0. The molecule has 0 bridgehead atoms. The van der Waals surface area contributed by atoms with E-state index in [4.69, 9.17) is 0 Å². The molecule has 0 aliphatic carbocycles. The maximum Gasteiger partial charge on any atom is 0.310 e. The van der Waals surface area contributed by atoms with Crippen molar-refractivity contribution in [2.75, 3.05) is 0 Å². The summed E-state index contributed by atoms with van der Waals surface area (Å²) < 4.78 is 92.0. The molecular weight excluding hydrogens is 413 g/mol. The molecule has 0 aromatic heterocycles. The van der Waals surface area contributed by atoms with Crippen LogP contribution in [0.3, 0.4) is 0 Å². The molecule has 0 spiro atoms. The maximum atomic E-state index is 13.7. The van der Waals surface area contributed by atoms with Gasteiger partial charge in [-0.15, -0.1) is 0 Å². The molecule has 1 atom stereocenters. The van der Waals surface area contributed by atoms with Crippen molar-refractivity contribution in [1.29, 1.82) is 0 Å². The normalized spacial score (nSPS) is 15.7. The molecule has 0 saturated heterocycles. The van der Waals surface area contributed by atoms with E-state index in [9.17, 15) is 28.2 Å². The lowest BCUT2D eigenvalue weighted by Crippen LogP contribution is -2.08. The zero-order valence-corrected chi connectivity index (χ0v) is 15.0. The number of rotatable bonds is 4. The molecule has 3 aromatic rings. The Labute approximate surface area is 153 Å². The van der Waals surface area contributed by atoms with Gasteiger partial charge in [-0.3, -0.25) is 0 Å². The van der Waals surface area contributed by atoms with Crippen molar-refractivity contribution in [3.63, 3.8) is 0 Å². The number of hydrogen-bond acceptors (Lipinski definition) is 0. The highest BCUT2D eigenvalue weighted by Gasteiger charge is 2.65. The van der Waals surface area contributed by atoms with Crippen molar-refractivity contribution in [3.05, 3.63) is 84.4 Å². The van der Waals surface area contributed by atoms with E-state index in [2.05, 4.69) is 0 Å². The summed E-state index contributed by atoms with van der Waals surface area (Å²) in [6.45, 7) is 0. The maximum absolute atomic E-state index is 13.7. The molecule has 0 saturated carbocycles. The van der Waals surface area contributed by atoms with Crippen LogP contribution >= 0.6 is 10.2 Å². The van der Waals surface area contributed by atoms with Crippen LogP contribution in [0.25, 0.3) is 0 Å². The third-order valence-electron chi connectivity index (χ3n) is 3.56. The summed E-state index contributed by atoms with van der Waals surface area (Å²) in [5.74, 6) is -1.69. The van der Waals surface area contributed by atoms with Crippen LogP contribution in [0.2, 0.25) is 0 Å². The van der Waals surface area contributed by atoms with Gasteiger partial charge in [0.1, 0.15) is 16.5 Å². The molecule has 9 heteroatoms. The fraction of sp³-hybridized carbons (Fsp3) is 0. The lowest BCUT2D eigenvalue weighted by Gasteiger charge is -2.40. The number of hydrogen-bond donors (Lipinski definition) is 0. The minimum Gasteiger partial charge on any atom is -0.207 e. The van der Waals surface area contributed by atoms with Crippen molar-refractivity contribution in [1.82, 2.24) is 0 Å². The van der Waals surface area contributed by atoms with Gasteiger partial charge in [0.2, 0.25) is 0 Å². The van der Waals surface area contributed by atoms with Crippen molar-refractivity contribution >= 4 is 21.1 Å². The molecule has 0 heterocycles. The molecule has 0 radical (unpaired) electrons. The van der Waals surface area contributed by atoms with Crippen LogP contribution in [0.5, 0.6) is 0 Å². The Hall–Kier alpha value is -2.13. The van der Waals surface area contributed by atoms with E-state index in [1.807, 2.05) is 0 Å². The fourth-order valence-corrected chi connectivity index (χ4v) is 5.21. The van der Waals surface area contributed by atoms with Crippen molar-refractivity contribution in [2.45, 2.75) is 19.6 Å². The Morgan fingerprint density at radius 3 is 1.52 bits per heavy atom. The topological polar surface area (TPSA) is 0 Å². The fourth-order valence-electron chi connectivity index (χ4n) is 2.44.